The van der Waals surface area contributed by atoms with Gasteiger partial charge in [-0.05, 0) is 65.6 Å². The van der Waals surface area contributed by atoms with Crippen LogP contribution >= 0.6 is 0 Å². The maximum absolute atomic E-state index is 12.4. The Hall–Kier alpha value is -3.46. The monoisotopic (exact) mass is 558 g/mol. The van der Waals surface area contributed by atoms with Crippen molar-refractivity contribution >= 4 is 11.5 Å². The zero-order valence-corrected chi connectivity index (χ0v) is 23.9. The number of Topliss-reactive ketones (excluding diaryl/α,β-unsaturated/α-hetero) is 1. The molecule has 0 saturated carbocycles. The molecule has 8 nitrogen and oxygen atoms in total. The number of ketones is 1. The fourth-order valence-electron chi connectivity index (χ4n) is 5.86. The molecular formula is C33H42N4O4. The van der Waals surface area contributed by atoms with Crippen LogP contribution in [0.5, 0.6) is 11.5 Å². The molecule has 3 heterocycles. The lowest BCUT2D eigenvalue weighted by molar-refractivity contribution is -0.121. The summed E-state index contributed by atoms with van der Waals surface area (Å²) in [6.45, 7) is 3.92. The van der Waals surface area contributed by atoms with E-state index in [1.54, 1.807) is 12.1 Å². The predicted molar refractivity (Wildman–Crippen MR) is 161 cm³/mol. The second-order valence-corrected chi connectivity index (χ2v) is 11.3. The van der Waals surface area contributed by atoms with Crippen molar-refractivity contribution < 1.29 is 19.7 Å². The molecule has 0 bridgehead atoms. The lowest BCUT2D eigenvalue weighted by Gasteiger charge is -2.26. The fourth-order valence-corrected chi connectivity index (χ4v) is 5.86. The number of nitrogens with zero attached hydrogens (tertiary/aromatic N) is 2. The second kappa shape index (κ2) is 13.5. The Morgan fingerprint density at radius 2 is 2.15 bits per heavy atom. The van der Waals surface area contributed by atoms with E-state index in [4.69, 9.17) is 10.5 Å². The number of aliphatic hydroxyl groups is 1. The number of aryl methyl sites for hydroxylation is 1. The highest BCUT2D eigenvalue weighted by atomic mass is 16.5. The summed E-state index contributed by atoms with van der Waals surface area (Å²) in [6.07, 6.45) is 10.0. The number of unbranched alkanes of at least 4 members (excludes halogenated alkanes) is 2. The Bertz CT molecular complexity index is 1350. The number of fused-ring (bicyclic) bond motifs is 2. The maximum atomic E-state index is 12.4. The molecule has 0 aliphatic carbocycles. The number of allylic oxidation sites excluding steroid dienone is 1. The van der Waals surface area contributed by atoms with Gasteiger partial charge in [-0.2, -0.15) is 0 Å². The first-order chi connectivity index (χ1) is 19.9. The maximum Gasteiger partial charge on any atom is 0.163 e. The van der Waals surface area contributed by atoms with Crippen LogP contribution in [0, 0.1) is 0 Å². The van der Waals surface area contributed by atoms with E-state index in [1.165, 1.54) is 22.3 Å². The van der Waals surface area contributed by atoms with Gasteiger partial charge in [0.25, 0.3) is 0 Å². The highest BCUT2D eigenvalue weighted by molar-refractivity contribution is 6.09. The molecule has 2 atom stereocenters. The first kappa shape index (κ1) is 29.0. The number of carbonyl (C=O) groups excluding carboxylic acids is 1. The van der Waals surface area contributed by atoms with E-state index in [0.29, 0.717) is 31.6 Å². The van der Waals surface area contributed by atoms with Crippen molar-refractivity contribution in [2.24, 2.45) is 10.7 Å². The summed E-state index contributed by atoms with van der Waals surface area (Å²) in [4.78, 5) is 19.1. The number of ether oxygens (including phenoxy) is 1. The lowest BCUT2D eigenvalue weighted by atomic mass is 9.89. The van der Waals surface area contributed by atoms with E-state index in [2.05, 4.69) is 46.5 Å². The first-order valence-corrected chi connectivity index (χ1v) is 14.9. The van der Waals surface area contributed by atoms with E-state index in [0.717, 1.165) is 55.5 Å². The first-order valence-electron chi connectivity index (χ1n) is 14.9. The average Bonchev–Trinajstić information content (AvgIpc) is 3.54. The highest BCUT2D eigenvalue weighted by Crippen LogP contribution is 2.32. The van der Waals surface area contributed by atoms with Crippen LogP contribution in [-0.4, -0.2) is 52.5 Å². The molecule has 0 amide bonds. The van der Waals surface area contributed by atoms with Gasteiger partial charge in [-0.1, -0.05) is 50.5 Å². The van der Waals surface area contributed by atoms with Crippen LogP contribution in [0.2, 0.25) is 0 Å². The number of aliphatic hydroxyl groups excluding tert-OH is 1. The van der Waals surface area contributed by atoms with Gasteiger partial charge in [-0.3, -0.25) is 15.1 Å². The summed E-state index contributed by atoms with van der Waals surface area (Å²) in [5.74, 6) is 0.515. The average molecular weight is 559 g/mol. The number of benzene rings is 2. The smallest absolute Gasteiger partial charge is 0.163 e. The summed E-state index contributed by atoms with van der Waals surface area (Å²) in [5, 5.41) is 23.8. The highest BCUT2D eigenvalue weighted by Gasteiger charge is 2.28. The molecule has 0 fully saturated rings. The van der Waals surface area contributed by atoms with Crippen LogP contribution < -0.4 is 15.8 Å². The Kier molecular flexibility index (Phi) is 9.54. The molecule has 41 heavy (non-hydrogen) atoms. The van der Waals surface area contributed by atoms with Crippen LogP contribution in [0.3, 0.4) is 0 Å². The Morgan fingerprint density at radius 1 is 1.27 bits per heavy atom. The Labute approximate surface area is 242 Å². The largest absolute Gasteiger partial charge is 0.504 e. The van der Waals surface area contributed by atoms with Gasteiger partial charge in [-0.15, -0.1) is 0 Å². The van der Waals surface area contributed by atoms with Crippen molar-refractivity contribution in [2.45, 2.75) is 77.0 Å². The van der Waals surface area contributed by atoms with Crippen LogP contribution in [0.4, 0.5) is 0 Å². The SMILES string of the molecule is CCCCCC(O)CC(=O)CCc1ccc(O)c(OCN2C=C3C(Cc4cccc5c4CCNC5N)=CN=C3C2)c1. The minimum absolute atomic E-state index is 0.0555. The molecule has 2 unspecified atom stereocenters. The molecule has 3 aliphatic heterocycles. The van der Waals surface area contributed by atoms with Crippen molar-refractivity contribution in [1.82, 2.24) is 10.2 Å². The van der Waals surface area contributed by atoms with Crippen LogP contribution in [-0.2, 0) is 24.1 Å². The summed E-state index contributed by atoms with van der Waals surface area (Å²) in [6, 6.07) is 11.6. The predicted octanol–water partition coefficient (Wildman–Crippen LogP) is 4.45. The number of phenols is 1. The number of nitrogens with one attached hydrogen (secondary N) is 1. The van der Waals surface area contributed by atoms with E-state index in [1.807, 2.05) is 12.3 Å². The van der Waals surface area contributed by atoms with Gasteiger partial charge >= 0.3 is 0 Å². The number of aliphatic imine (C=N–C) groups is 1. The summed E-state index contributed by atoms with van der Waals surface area (Å²) < 4.78 is 6.00. The summed E-state index contributed by atoms with van der Waals surface area (Å²) in [5.41, 5.74) is 14.4. The van der Waals surface area contributed by atoms with Crippen molar-refractivity contribution in [3.63, 3.8) is 0 Å². The zero-order valence-electron chi connectivity index (χ0n) is 23.9. The molecule has 2 aromatic rings. The van der Waals surface area contributed by atoms with E-state index in [-0.39, 0.29) is 30.9 Å². The normalized spacial score (nSPS) is 18.4. The van der Waals surface area contributed by atoms with Crippen LogP contribution in [0.1, 0.15) is 73.9 Å². The van der Waals surface area contributed by atoms with Gasteiger partial charge in [0.2, 0.25) is 0 Å². The third-order valence-corrected chi connectivity index (χ3v) is 8.17. The molecular weight excluding hydrogens is 516 g/mol. The third kappa shape index (κ3) is 7.25. The van der Waals surface area contributed by atoms with Crippen LogP contribution in [0.25, 0.3) is 0 Å². The number of hydrogen-bond acceptors (Lipinski definition) is 8. The van der Waals surface area contributed by atoms with Crippen molar-refractivity contribution in [3.8, 4) is 11.5 Å². The third-order valence-electron chi connectivity index (χ3n) is 8.17. The van der Waals surface area contributed by atoms with Crippen molar-refractivity contribution in [1.29, 1.82) is 0 Å². The van der Waals surface area contributed by atoms with E-state index < -0.39 is 6.10 Å². The topological polar surface area (TPSA) is 120 Å². The number of phenolic OH excluding ortho intramolecular Hbond substituents is 1. The number of hydrogen-bond donors (Lipinski definition) is 4. The van der Waals surface area contributed by atoms with Gasteiger partial charge in [0.15, 0.2) is 18.2 Å². The molecule has 5 N–H and O–H groups in total. The fraction of sp³-hybridized carbons (Fsp3) is 0.455. The molecule has 8 heteroatoms. The molecule has 3 aliphatic rings. The molecule has 2 aromatic carbocycles. The molecule has 218 valence electrons. The molecule has 0 radical (unpaired) electrons. The summed E-state index contributed by atoms with van der Waals surface area (Å²) in [7, 11) is 0. The van der Waals surface area contributed by atoms with Gasteiger partial charge in [0, 0.05) is 37.4 Å². The van der Waals surface area contributed by atoms with Gasteiger partial charge in [-0.25, -0.2) is 0 Å². The minimum Gasteiger partial charge on any atom is -0.504 e. The van der Waals surface area contributed by atoms with Gasteiger partial charge in [0.1, 0.15) is 5.78 Å². The van der Waals surface area contributed by atoms with Gasteiger partial charge < -0.3 is 25.6 Å². The van der Waals surface area contributed by atoms with Crippen LogP contribution in [0.15, 0.2) is 64.9 Å². The number of nitrogens with two attached hydrogens (primary N) is 1. The van der Waals surface area contributed by atoms with Crippen molar-refractivity contribution in [3.05, 3.63) is 82.2 Å². The van der Waals surface area contributed by atoms with Gasteiger partial charge in [0.05, 0.1) is 24.5 Å². The second-order valence-electron chi connectivity index (χ2n) is 11.3. The number of rotatable bonds is 14. The quantitative estimate of drug-likeness (QED) is 0.253. The van der Waals surface area contributed by atoms with Crippen molar-refractivity contribution in [2.75, 3.05) is 19.8 Å². The number of carbonyl (C=O) groups is 1. The number of aromatic hydroxyl groups is 1. The van der Waals surface area contributed by atoms with E-state index in [9.17, 15) is 15.0 Å². The van der Waals surface area contributed by atoms with E-state index >= 15 is 0 Å². The molecule has 0 saturated heterocycles. The molecule has 5 rings (SSSR count). The standard InChI is InChI=1S/C33H42N4O4/c1-2-3-4-7-25(38)17-26(39)11-9-22-10-12-31(40)32(15-22)41-21-37-19-29-24(18-36-30(29)20-37)16-23-6-5-8-28-27(23)13-14-35-33(28)34/h5-6,8,10,12,15,18-19,25,33,35,38,40H,2-4,7,9,11,13-14,16-17,20-21,34H2,1H3. The summed E-state index contributed by atoms with van der Waals surface area (Å²) >= 11 is 0. The Balaban J connectivity index is 1.14. The molecule has 0 aromatic heterocycles. The minimum atomic E-state index is -0.560. The lowest BCUT2D eigenvalue weighted by Crippen LogP contribution is -2.35. The zero-order chi connectivity index (χ0) is 28.8. The molecule has 0 spiro atoms. The Morgan fingerprint density at radius 3 is 3.00 bits per heavy atom.